The third-order valence-corrected chi connectivity index (χ3v) is 4.83. The molecule has 0 heterocycles. The molecule has 0 unspecified atom stereocenters. The van der Waals surface area contributed by atoms with Crippen molar-refractivity contribution in [3.63, 3.8) is 0 Å². The van der Waals surface area contributed by atoms with Crippen LogP contribution in [0.3, 0.4) is 0 Å². The molecule has 15 heavy (non-hydrogen) atoms. The molecule has 0 amide bonds. The molecule has 0 aromatic rings. The van der Waals surface area contributed by atoms with Crippen LogP contribution in [0.1, 0.15) is 26.7 Å². The predicted molar refractivity (Wildman–Crippen MR) is 63.9 cm³/mol. The van der Waals surface area contributed by atoms with E-state index in [4.69, 9.17) is 0 Å². The van der Waals surface area contributed by atoms with Gasteiger partial charge in [0.1, 0.15) is 0 Å². The van der Waals surface area contributed by atoms with Crippen LogP contribution in [-0.4, -0.2) is 0 Å². The SMILES string of the molecule is CC1=C([CH]([Zr])C2=C(C)C=CC2)CC=C1.Cl. The van der Waals surface area contributed by atoms with Gasteiger partial charge in [0.2, 0.25) is 0 Å². The van der Waals surface area contributed by atoms with Gasteiger partial charge in [-0.3, -0.25) is 0 Å². The summed E-state index contributed by atoms with van der Waals surface area (Å²) >= 11 is 1.64. The average Bonchev–Trinajstić information content (AvgIpc) is 2.73. The molecule has 0 aromatic carbocycles. The summed E-state index contributed by atoms with van der Waals surface area (Å²) < 4.78 is 0.729. The molecule has 2 aliphatic rings. The van der Waals surface area contributed by atoms with E-state index in [1.165, 1.54) is 24.0 Å². The van der Waals surface area contributed by atoms with Crippen molar-refractivity contribution in [3.05, 3.63) is 46.6 Å². The topological polar surface area (TPSA) is 0 Å². The summed E-state index contributed by atoms with van der Waals surface area (Å²) in [6.07, 6.45) is 11.5. The van der Waals surface area contributed by atoms with Crippen molar-refractivity contribution >= 4 is 12.4 Å². The Bertz CT molecular complexity index is 336. The van der Waals surface area contributed by atoms with Crippen molar-refractivity contribution in [2.75, 3.05) is 0 Å². The molecule has 2 aliphatic carbocycles. The summed E-state index contributed by atoms with van der Waals surface area (Å²) in [7, 11) is 0. The van der Waals surface area contributed by atoms with Crippen LogP contribution in [0, 0.1) is 0 Å². The van der Waals surface area contributed by atoms with Crippen LogP contribution < -0.4 is 0 Å². The van der Waals surface area contributed by atoms with Gasteiger partial charge < -0.3 is 0 Å². The molecule has 0 atom stereocenters. The minimum atomic E-state index is 0. The molecule has 0 aliphatic heterocycles. The van der Waals surface area contributed by atoms with Gasteiger partial charge in [0.25, 0.3) is 0 Å². The molecular weight excluding hydrogens is 283 g/mol. The first-order chi connectivity index (χ1) is 6.70. The first-order valence-corrected chi connectivity index (χ1v) is 6.55. The van der Waals surface area contributed by atoms with Gasteiger partial charge in [-0.05, 0) is 0 Å². The van der Waals surface area contributed by atoms with E-state index >= 15 is 0 Å². The minimum Gasteiger partial charge on any atom is -0.147 e. The van der Waals surface area contributed by atoms with E-state index in [9.17, 15) is 0 Å². The number of allylic oxidation sites excluding steroid dienone is 8. The fourth-order valence-electron chi connectivity index (χ4n) is 2.16. The van der Waals surface area contributed by atoms with Crippen LogP contribution in [0.25, 0.3) is 0 Å². The average molecular weight is 299 g/mol. The molecule has 2 rings (SSSR count). The maximum Gasteiger partial charge on any atom is -0.147 e. The molecule has 0 spiro atoms. The second-order valence-corrected chi connectivity index (χ2v) is 5.48. The van der Waals surface area contributed by atoms with E-state index < -0.39 is 0 Å². The van der Waals surface area contributed by atoms with Crippen LogP contribution in [-0.2, 0) is 24.7 Å². The number of hydrogen-bond acceptors (Lipinski definition) is 0. The Labute approximate surface area is 113 Å². The molecule has 0 fully saturated rings. The van der Waals surface area contributed by atoms with Gasteiger partial charge in [-0.1, -0.05) is 0 Å². The minimum absolute atomic E-state index is 0. The zero-order chi connectivity index (χ0) is 10.1. The molecule has 0 nitrogen and oxygen atoms in total. The Balaban J connectivity index is 0.00000112. The molecule has 0 radical (unpaired) electrons. The van der Waals surface area contributed by atoms with Crippen molar-refractivity contribution in [2.45, 2.75) is 30.3 Å². The third-order valence-electron chi connectivity index (χ3n) is 3.12. The van der Waals surface area contributed by atoms with Crippen molar-refractivity contribution in [3.8, 4) is 0 Å². The summed E-state index contributed by atoms with van der Waals surface area (Å²) in [5.74, 6) is 0. The second kappa shape index (κ2) is 5.46. The maximum atomic E-state index is 2.29. The smallest absolute Gasteiger partial charge is 0.147 e. The molecular formula is C13H16ClZr. The molecule has 0 bridgehead atoms. The first kappa shape index (κ1) is 13.2. The number of halogens is 1. The Morgan fingerprint density at radius 1 is 1.00 bits per heavy atom. The van der Waals surface area contributed by atoms with Gasteiger partial charge >= 0.3 is 102 Å². The van der Waals surface area contributed by atoms with E-state index in [0.717, 1.165) is 3.63 Å². The Hall–Kier alpha value is 0.133. The van der Waals surface area contributed by atoms with Crippen molar-refractivity contribution < 1.29 is 24.7 Å². The van der Waals surface area contributed by atoms with Crippen LogP contribution in [0.15, 0.2) is 46.6 Å². The fraction of sp³-hybridized carbons (Fsp3) is 0.385. The predicted octanol–water partition coefficient (Wildman–Crippen LogP) is 4.30. The molecule has 0 N–H and O–H groups in total. The molecule has 0 saturated heterocycles. The maximum absolute atomic E-state index is 2.29. The summed E-state index contributed by atoms with van der Waals surface area (Å²) in [5, 5.41) is 0. The molecule has 0 saturated carbocycles. The largest absolute Gasteiger partial charge is 0.147 e. The van der Waals surface area contributed by atoms with Crippen molar-refractivity contribution in [2.24, 2.45) is 0 Å². The van der Waals surface area contributed by atoms with E-state index in [-0.39, 0.29) is 12.4 Å². The fourth-order valence-corrected chi connectivity index (χ4v) is 3.86. The first-order valence-electron chi connectivity index (χ1n) is 5.13. The Kier molecular flexibility index (Phi) is 4.80. The Morgan fingerprint density at radius 2 is 1.40 bits per heavy atom. The molecule has 79 valence electrons. The standard InChI is InChI=1S/C13H15.ClH.Zr/c1-10-5-3-7-12(10)9-13-8-4-6-11(13)2;;/h3-6,9H,7-8H2,1-2H3;1H;. The van der Waals surface area contributed by atoms with Gasteiger partial charge in [-0.2, -0.15) is 0 Å². The van der Waals surface area contributed by atoms with Gasteiger partial charge in [0.15, 0.2) is 0 Å². The normalized spacial score (nSPS) is 19.3. The van der Waals surface area contributed by atoms with Crippen LogP contribution in [0.4, 0.5) is 0 Å². The van der Waals surface area contributed by atoms with Gasteiger partial charge in [-0.15, -0.1) is 12.4 Å². The van der Waals surface area contributed by atoms with Gasteiger partial charge in [-0.25, -0.2) is 0 Å². The number of rotatable bonds is 2. The van der Waals surface area contributed by atoms with E-state index in [2.05, 4.69) is 38.2 Å². The van der Waals surface area contributed by atoms with Crippen LogP contribution in [0.5, 0.6) is 0 Å². The molecule has 0 aromatic heterocycles. The van der Waals surface area contributed by atoms with E-state index in [1.54, 1.807) is 35.9 Å². The summed E-state index contributed by atoms with van der Waals surface area (Å²) in [6, 6.07) is 0. The van der Waals surface area contributed by atoms with Crippen molar-refractivity contribution in [1.82, 2.24) is 0 Å². The van der Waals surface area contributed by atoms with Gasteiger partial charge in [0, 0.05) is 0 Å². The van der Waals surface area contributed by atoms with E-state index in [1.807, 2.05) is 0 Å². The quantitative estimate of drug-likeness (QED) is 0.713. The second-order valence-electron chi connectivity index (χ2n) is 4.06. The van der Waals surface area contributed by atoms with Crippen molar-refractivity contribution in [1.29, 1.82) is 0 Å². The number of hydrogen-bond donors (Lipinski definition) is 0. The van der Waals surface area contributed by atoms with Crippen LogP contribution in [0.2, 0.25) is 3.63 Å². The summed E-state index contributed by atoms with van der Waals surface area (Å²) in [6.45, 7) is 4.49. The summed E-state index contributed by atoms with van der Waals surface area (Å²) in [5.41, 5.74) is 6.31. The zero-order valence-corrected chi connectivity index (χ0v) is 12.5. The van der Waals surface area contributed by atoms with E-state index in [0.29, 0.717) is 0 Å². The monoisotopic (exact) mass is 297 g/mol. The zero-order valence-electron chi connectivity index (χ0n) is 9.21. The Morgan fingerprint density at radius 3 is 1.67 bits per heavy atom. The third kappa shape index (κ3) is 2.63. The van der Waals surface area contributed by atoms with Gasteiger partial charge in [0.05, 0.1) is 0 Å². The summed E-state index contributed by atoms with van der Waals surface area (Å²) in [4.78, 5) is 0. The van der Waals surface area contributed by atoms with Crippen LogP contribution >= 0.6 is 12.4 Å². The molecule has 2 heteroatoms.